The molecule has 0 aliphatic carbocycles. The van der Waals surface area contributed by atoms with Crippen molar-refractivity contribution in [1.29, 1.82) is 0 Å². The van der Waals surface area contributed by atoms with E-state index in [0.717, 1.165) is 28.2 Å². The first-order valence-corrected chi connectivity index (χ1v) is 9.35. The van der Waals surface area contributed by atoms with E-state index in [0.29, 0.717) is 23.3 Å². The molecule has 0 saturated heterocycles. The van der Waals surface area contributed by atoms with E-state index >= 15 is 0 Å². The number of para-hydroxylation sites is 1. The molecule has 0 spiro atoms. The van der Waals surface area contributed by atoms with Gasteiger partial charge in [-0.1, -0.05) is 12.1 Å². The van der Waals surface area contributed by atoms with Gasteiger partial charge in [-0.25, -0.2) is 9.97 Å². The summed E-state index contributed by atoms with van der Waals surface area (Å²) in [6.07, 6.45) is 0.288. The van der Waals surface area contributed by atoms with Crippen molar-refractivity contribution in [3.63, 3.8) is 0 Å². The number of hydrogen-bond acceptors (Lipinski definition) is 6. The standard InChI is InChI=1S/C21H23N5O3/c1-11-9-12(2)23-21(22-11)26-20-18(13(3)25-26)15(10-17(27)24-20)14-7-6-8-16(28-4)19(14)29-5/h6-9,15H,10H2,1-5H3,(H,24,27)/t15-/m0/s1. The second kappa shape index (κ2) is 7.20. The van der Waals surface area contributed by atoms with Crippen LogP contribution in [0.2, 0.25) is 0 Å². The molecule has 1 aromatic carbocycles. The van der Waals surface area contributed by atoms with Crippen LogP contribution < -0.4 is 14.8 Å². The van der Waals surface area contributed by atoms with Crippen LogP contribution in [-0.4, -0.2) is 39.9 Å². The van der Waals surface area contributed by atoms with Gasteiger partial charge in [-0.3, -0.25) is 4.79 Å². The van der Waals surface area contributed by atoms with Crippen LogP contribution in [0, 0.1) is 20.8 Å². The van der Waals surface area contributed by atoms with Crippen LogP contribution in [0.1, 0.15) is 40.5 Å². The molecule has 1 atom stereocenters. The molecule has 0 saturated carbocycles. The molecule has 1 aliphatic rings. The summed E-state index contributed by atoms with van der Waals surface area (Å²) >= 11 is 0. The van der Waals surface area contributed by atoms with Gasteiger partial charge in [-0.05, 0) is 32.9 Å². The lowest BCUT2D eigenvalue weighted by atomic mass is 9.85. The second-order valence-electron chi connectivity index (χ2n) is 7.10. The van der Waals surface area contributed by atoms with Gasteiger partial charge in [-0.2, -0.15) is 9.78 Å². The summed E-state index contributed by atoms with van der Waals surface area (Å²) < 4.78 is 12.7. The molecule has 3 aromatic rings. The summed E-state index contributed by atoms with van der Waals surface area (Å²) in [7, 11) is 3.20. The predicted molar refractivity (Wildman–Crippen MR) is 108 cm³/mol. The highest BCUT2D eigenvalue weighted by Gasteiger charge is 2.35. The lowest BCUT2D eigenvalue weighted by Gasteiger charge is -2.26. The van der Waals surface area contributed by atoms with Crippen LogP contribution in [-0.2, 0) is 4.79 Å². The summed E-state index contributed by atoms with van der Waals surface area (Å²) in [4.78, 5) is 21.6. The lowest BCUT2D eigenvalue weighted by molar-refractivity contribution is -0.116. The van der Waals surface area contributed by atoms with Crippen LogP contribution >= 0.6 is 0 Å². The van der Waals surface area contributed by atoms with E-state index in [-0.39, 0.29) is 18.2 Å². The Balaban J connectivity index is 1.92. The Bertz CT molecular complexity index is 1090. The van der Waals surface area contributed by atoms with Gasteiger partial charge in [0.25, 0.3) is 5.95 Å². The van der Waals surface area contributed by atoms with Crippen molar-refractivity contribution in [3.05, 3.63) is 52.5 Å². The zero-order valence-corrected chi connectivity index (χ0v) is 17.1. The average Bonchev–Trinajstić information content (AvgIpc) is 3.02. The molecule has 0 fully saturated rings. The van der Waals surface area contributed by atoms with Gasteiger partial charge >= 0.3 is 0 Å². The minimum Gasteiger partial charge on any atom is -0.493 e. The molecule has 8 heteroatoms. The molecular formula is C21H23N5O3. The number of methoxy groups -OCH3 is 2. The maximum Gasteiger partial charge on any atom is 0.252 e. The Morgan fingerprint density at radius 2 is 1.83 bits per heavy atom. The number of anilines is 1. The van der Waals surface area contributed by atoms with Crippen molar-refractivity contribution in [3.8, 4) is 17.4 Å². The zero-order chi connectivity index (χ0) is 20.7. The Kier molecular flexibility index (Phi) is 4.70. The van der Waals surface area contributed by atoms with E-state index in [4.69, 9.17) is 9.47 Å². The fraction of sp³-hybridized carbons (Fsp3) is 0.333. The molecule has 1 amide bonds. The number of carbonyl (C=O) groups excluding carboxylic acids is 1. The molecule has 8 nitrogen and oxygen atoms in total. The summed E-state index contributed by atoms with van der Waals surface area (Å²) in [5.74, 6) is 1.96. The third-order valence-electron chi connectivity index (χ3n) is 5.07. The molecule has 0 bridgehead atoms. The molecule has 29 heavy (non-hydrogen) atoms. The summed E-state index contributed by atoms with van der Waals surface area (Å²) in [6.45, 7) is 5.74. The van der Waals surface area contributed by atoms with Gasteiger partial charge in [0.2, 0.25) is 5.91 Å². The highest BCUT2D eigenvalue weighted by molar-refractivity contribution is 5.95. The Morgan fingerprint density at radius 1 is 1.10 bits per heavy atom. The molecular weight excluding hydrogens is 370 g/mol. The topological polar surface area (TPSA) is 91.2 Å². The largest absolute Gasteiger partial charge is 0.493 e. The Hall–Kier alpha value is -3.42. The van der Waals surface area contributed by atoms with Crippen LogP contribution in [0.25, 0.3) is 5.95 Å². The Labute approximate surface area is 168 Å². The Morgan fingerprint density at radius 3 is 2.48 bits per heavy atom. The first kappa shape index (κ1) is 18.9. The van der Waals surface area contributed by atoms with Crippen molar-refractivity contribution in [1.82, 2.24) is 19.7 Å². The number of nitrogens with one attached hydrogen (secondary N) is 1. The predicted octanol–water partition coefficient (Wildman–Crippen LogP) is 3.08. The molecule has 0 unspecified atom stereocenters. The third kappa shape index (κ3) is 3.20. The number of ether oxygens (including phenoxy) is 2. The van der Waals surface area contributed by atoms with Gasteiger partial charge < -0.3 is 14.8 Å². The van der Waals surface area contributed by atoms with Crippen molar-refractivity contribution in [2.75, 3.05) is 19.5 Å². The second-order valence-corrected chi connectivity index (χ2v) is 7.10. The van der Waals surface area contributed by atoms with E-state index in [9.17, 15) is 4.79 Å². The monoisotopic (exact) mass is 393 g/mol. The van der Waals surface area contributed by atoms with E-state index in [2.05, 4.69) is 20.4 Å². The van der Waals surface area contributed by atoms with Crippen LogP contribution in [0.5, 0.6) is 11.5 Å². The number of amides is 1. The van der Waals surface area contributed by atoms with Crippen LogP contribution in [0.4, 0.5) is 5.82 Å². The normalized spacial score (nSPS) is 15.6. The van der Waals surface area contributed by atoms with Gasteiger partial charge in [-0.15, -0.1) is 0 Å². The molecule has 150 valence electrons. The highest BCUT2D eigenvalue weighted by Crippen LogP contribution is 2.45. The minimum atomic E-state index is -0.219. The van der Waals surface area contributed by atoms with Crippen molar-refractivity contribution >= 4 is 11.7 Å². The van der Waals surface area contributed by atoms with Gasteiger partial charge in [0.05, 0.1) is 19.9 Å². The van der Waals surface area contributed by atoms with Gasteiger partial charge in [0, 0.05) is 34.9 Å². The number of nitrogens with zero attached hydrogens (tertiary/aromatic N) is 4. The van der Waals surface area contributed by atoms with E-state index in [1.54, 1.807) is 18.9 Å². The highest BCUT2D eigenvalue weighted by atomic mass is 16.5. The summed E-state index contributed by atoms with van der Waals surface area (Å²) in [5.41, 5.74) is 4.29. The number of hydrogen-bond donors (Lipinski definition) is 1. The maximum absolute atomic E-state index is 12.6. The smallest absolute Gasteiger partial charge is 0.252 e. The van der Waals surface area contributed by atoms with Crippen molar-refractivity contribution in [2.24, 2.45) is 0 Å². The van der Waals surface area contributed by atoms with E-state index < -0.39 is 0 Å². The average molecular weight is 393 g/mol. The fourth-order valence-corrected chi connectivity index (χ4v) is 3.95. The number of carbonyl (C=O) groups is 1. The zero-order valence-electron chi connectivity index (χ0n) is 17.1. The first-order valence-electron chi connectivity index (χ1n) is 9.35. The number of fused-ring (bicyclic) bond motifs is 1. The summed E-state index contributed by atoms with van der Waals surface area (Å²) in [6, 6.07) is 7.59. The summed E-state index contributed by atoms with van der Waals surface area (Å²) in [5, 5.41) is 7.62. The maximum atomic E-state index is 12.6. The minimum absolute atomic E-state index is 0.0992. The SMILES string of the molecule is COc1cccc([C@@H]2CC(=O)Nc3c2c(C)nn3-c2nc(C)cc(C)n2)c1OC. The number of rotatable bonds is 4. The molecule has 4 rings (SSSR count). The molecule has 1 aliphatic heterocycles. The van der Waals surface area contributed by atoms with Crippen molar-refractivity contribution in [2.45, 2.75) is 33.1 Å². The van der Waals surface area contributed by atoms with E-state index in [1.807, 2.05) is 45.0 Å². The van der Waals surface area contributed by atoms with Crippen LogP contribution in [0.3, 0.4) is 0 Å². The lowest BCUT2D eigenvalue weighted by Crippen LogP contribution is -2.25. The van der Waals surface area contributed by atoms with Gasteiger partial charge in [0.1, 0.15) is 5.82 Å². The van der Waals surface area contributed by atoms with Crippen molar-refractivity contribution < 1.29 is 14.3 Å². The van der Waals surface area contributed by atoms with Gasteiger partial charge in [0.15, 0.2) is 11.5 Å². The molecule has 1 N–H and O–H groups in total. The fourth-order valence-electron chi connectivity index (χ4n) is 3.95. The number of aromatic nitrogens is 4. The van der Waals surface area contributed by atoms with Crippen LogP contribution in [0.15, 0.2) is 24.3 Å². The van der Waals surface area contributed by atoms with E-state index in [1.165, 1.54) is 0 Å². The third-order valence-corrected chi connectivity index (χ3v) is 5.07. The molecule has 2 aromatic heterocycles. The molecule has 0 radical (unpaired) electrons. The number of benzene rings is 1. The number of aryl methyl sites for hydroxylation is 3. The quantitative estimate of drug-likeness (QED) is 0.732. The molecule has 3 heterocycles. The first-order chi connectivity index (χ1) is 13.9.